The van der Waals surface area contributed by atoms with Crippen LogP contribution in [0.4, 0.5) is 0 Å². The summed E-state index contributed by atoms with van der Waals surface area (Å²) in [5.74, 6) is -0.233. The van der Waals surface area contributed by atoms with Crippen molar-refractivity contribution in [2.45, 2.75) is 32.4 Å². The Bertz CT molecular complexity index is 421. The van der Waals surface area contributed by atoms with Gasteiger partial charge in [0.1, 0.15) is 0 Å². The molecule has 1 aliphatic rings. The molecule has 1 heterocycles. The zero-order valence-electron chi connectivity index (χ0n) is 12.2. The maximum atomic E-state index is 12.0. The van der Waals surface area contributed by atoms with Crippen molar-refractivity contribution < 1.29 is 14.3 Å². The fourth-order valence-corrected chi connectivity index (χ4v) is 2.59. The molecule has 0 aliphatic carbocycles. The molecular weight excluding hydrogens is 254 g/mol. The average Bonchev–Trinajstić information content (AvgIpc) is 2.49. The second-order valence-electron chi connectivity index (χ2n) is 5.13. The SMILES string of the molecule is CCOC(=O)[C@@H]1CCOC[C@H]1N[C@H](C)c1ccccc1. The summed E-state index contributed by atoms with van der Waals surface area (Å²) in [5, 5.41) is 3.50. The lowest BCUT2D eigenvalue weighted by atomic mass is 9.93. The van der Waals surface area contributed by atoms with Crippen LogP contribution in [0.1, 0.15) is 31.9 Å². The van der Waals surface area contributed by atoms with E-state index in [0.717, 1.165) is 6.42 Å². The number of esters is 1. The molecule has 1 saturated heterocycles. The Labute approximate surface area is 120 Å². The normalized spacial score (nSPS) is 24.1. The molecule has 1 aliphatic heterocycles. The molecule has 3 atom stereocenters. The van der Waals surface area contributed by atoms with Crippen molar-refractivity contribution in [2.24, 2.45) is 5.92 Å². The van der Waals surface area contributed by atoms with Crippen LogP contribution in [-0.2, 0) is 14.3 Å². The third kappa shape index (κ3) is 3.81. The number of ether oxygens (including phenoxy) is 2. The van der Waals surface area contributed by atoms with Gasteiger partial charge in [0.2, 0.25) is 0 Å². The second-order valence-corrected chi connectivity index (χ2v) is 5.13. The van der Waals surface area contributed by atoms with Gasteiger partial charge in [-0.15, -0.1) is 0 Å². The Morgan fingerprint density at radius 1 is 1.45 bits per heavy atom. The third-order valence-electron chi connectivity index (χ3n) is 3.71. The van der Waals surface area contributed by atoms with Crippen LogP contribution in [0.25, 0.3) is 0 Å². The van der Waals surface area contributed by atoms with Crippen molar-refractivity contribution in [2.75, 3.05) is 19.8 Å². The Morgan fingerprint density at radius 3 is 2.90 bits per heavy atom. The van der Waals surface area contributed by atoms with E-state index in [1.807, 2.05) is 25.1 Å². The lowest BCUT2D eigenvalue weighted by molar-refractivity contribution is -0.152. The highest BCUT2D eigenvalue weighted by molar-refractivity contribution is 5.73. The van der Waals surface area contributed by atoms with E-state index in [9.17, 15) is 4.79 Å². The first-order valence-electron chi connectivity index (χ1n) is 7.27. The van der Waals surface area contributed by atoms with E-state index >= 15 is 0 Å². The molecule has 20 heavy (non-hydrogen) atoms. The predicted octanol–water partition coefficient (Wildman–Crippen LogP) is 2.31. The van der Waals surface area contributed by atoms with Gasteiger partial charge in [0.05, 0.1) is 19.1 Å². The molecular formula is C16H23NO3. The van der Waals surface area contributed by atoms with Gasteiger partial charge in [-0.3, -0.25) is 4.79 Å². The number of benzene rings is 1. The molecule has 110 valence electrons. The predicted molar refractivity (Wildman–Crippen MR) is 77.3 cm³/mol. The summed E-state index contributed by atoms with van der Waals surface area (Å²) in [4.78, 5) is 12.0. The number of rotatable bonds is 5. The Hall–Kier alpha value is -1.39. The molecule has 0 amide bonds. The smallest absolute Gasteiger partial charge is 0.310 e. The van der Waals surface area contributed by atoms with Crippen molar-refractivity contribution in [1.29, 1.82) is 0 Å². The zero-order valence-corrected chi connectivity index (χ0v) is 12.2. The monoisotopic (exact) mass is 277 g/mol. The van der Waals surface area contributed by atoms with E-state index in [-0.39, 0.29) is 24.0 Å². The highest BCUT2D eigenvalue weighted by Gasteiger charge is 2.33. The Morgan fingerprint density at radius 2 is 2.20 bits per heavy atom. The summed E-state index contributed by atoms with van der Waals surface area (Å²) in [6.45, 7) is 5.55. The van der Waals surface area contributed by atoms with E-state index in [2.05, 4.69) is 24.4 Å². The van der Waals surface area contributed by atoms with Crippen molar-refractivity contribution in [1.82, 2.24) is 5.32 Å². The van der Waals surface area contributed by atoms with Crippen LogP contribution in [-0.4, -0.2) is 31.8 Å². The summed E-state index contributed by atoms with van der Waals surface area (Å²) in [6.07, 6.45) is 0.720. The minimum atomic E-state index is -0.117. The van der Waals surface area contributed by atoms with Gasteiger partial charge in [-0.25, -0.2) is 0 Å². The molecule has 2 rings (SSSR count). The fourth-order valence-electron chi connectivity index (χ4n) is 2.59. The summed E-state index contributed by atoms with van der Waals surface area (Å²) in [6, 6.07) is 10.4. The molecule has 4 nitrogen and oxygen atoms in total. The topological polar surface area (TPSA) is 47.6 Å². The summed E-state index contributed by atoms with van der Waals surface area (Å²) in [5.41, 5.74) is 1.21. The number of hydrogen-bond donors (Lipinski definition) is 1. The molecule has 1 fully saturated rings. The minimum absolute atomic E-state index is 0.0120. The molecule has 0 saturated carbocycles. The van der Waals surface area contributed by atoms with Crippen LogP contribution in [0.15, 0.2) is 30.3 Å². The van der Waals surface area contributed by atoms with Gasteiger partial charge < -0.3 is 14.8 Å². The van der Waals surface area contributed by atoms with Crippen molar-refractivity contribution in [3.05, 3.63) is 35.9 Å². The maximum absolute atomic E-state index is 12.0. The van der Waals surface area contributed by atoms with Gasteiger partial charge in [0.25, 0.3) is 0 Å². The summed E-state index contributed by atoms with van der Waals surface area (Å²) >= 11 is 0. The molecule has 1 aromatic carbocycles. The molecule has 0 unspecified atom stereocenters. The van der Waals surface area contributed by atoms with Crippen molar-refractivity contribution in [3.8, 4) is 0 Å². The van der Waals surface area contributed by atoms with Crippen LogP contribution in [0.3, 0.4) is 0 Å². The molecule has 0 spiro atoms. The second kappa shape index (κ2) is 7.41. The molecule has 0 bridgehead atoms. The molecule has 1 aromatic rings. The van der Waals surface area contributed by atoms with E-state index in [1.165, 1.54) is 5.56 Å². The van der Waals surface area contributed by atoms with Crippen LogP contribution >= 0.6 is 0 Å². The van der Waals surface area contributed by atoms with Crippen LogP contribution in [0.5, 0.6) is 0 Å². The highest BCUT2D eigenvalue weighted by Crippen LogP contribution is 2.21. The minimum Gasteiger partial charge on any atom is -0.466 e. The van der Waals surface area contributed by atoms with E-state index in [1.54, 1.807) is 0 Å². The highest BCUT2D eigenvalue weighted by atomic mass is 16.5. The first-order chi connectivity index (χ1) is 9.72. The quantitative estimate of drug-likeness (QED) is 0.839. The first-order valence-corrected chi connectivity index (χ1v) is 7.27. The van der Waals surface area contributed by atoms with E-state index in [0.29, 0.717) is 19.8 Å². The lowest BCUT2D eigenvalue weighted by Crippen LogP contribution is -2.48. The number of carbonyl (C=O) groups excluding carboxylic acids is 1. The maximum Gasteiger partial charge on any atom is 0.310 e. The summed E-state index contributed by atoms with van der Waals surface area (Å²) < 4.78 is 10.7. The van der Waals surface area contributed by atoms with Crippen LogP contribution in [0.2, 0.25) is 0 Å². The van der Waals surface area contributed by atoms with Gasteiger partial charge in [-0.1, -0.05) is 30.3 Å². The molecule has 4 heteroatoms. The van der Waals surface area contributed by atoms with Crippen molar-refractivity contribution >= 4 is 5.97 Å². The standard InChI is InChI=1S/C16H23NO3/c1-3-20-16(18)14-9-10-19-11-15(14)17-12(2)13-7-5-4-6-8-13/h4-8,12,14-15,17H,3,9-11H2,1-2H3/t12-,14-,15-/m1/s1. The zero-order chi connectivity index (χ0) is 14.4. The average molecular weight is 277 g/mol. The van der Waals surface area contributed by atoms with Gasteiger partial charge >= 0.3 is 5.97 Å². The van der Waals surface area contributed by atoms with Gasteiger partial charge in [0, 0.05) is 18.7 Å². The van der Waals surface area contributed by atoms with E-state index in [4.69, 9.17) is 9.47 Å². The molecule has 1 N–H and O–H groups in total. The van der Waals surface area contributed by atoms with Gasteiger partial charge in [-0.05, 0) is 25.8 Å². The van der Waals surface area contributed by atoms with Gasteiger partial charge in [-0.2, -0.15) is 0 Å². The summed E-state index contributed by atoms with van der Waals surface area (Å²) in [7, 11) is 0. The van der Waals surface area contributed by atoms with Crippen molar-refractivity contribution in [3.63, 3.8) is 0 Å². The number of carbonyl (C=O) groups is 1. The number of hydrogen-bond acceptors (Lipinski definition) is 4. The largest absolute Gasteiger partial charge is 0.466 e. The Balaban J connectivity index is 2.00. The number of nitrogens with one attached hydrogen (secondary N) is 1. The lowest BCUT2D eigenvalue weighted by Gasteiger charge is -2.33. The molecule has 0 radical (unpaired) electrons. The fraction of sp³-hybridized carbons (Fsp3) is 0.562. The van der Waals surface area contributed by atoms with Gasteiger partial charge in [0.15, 0.2) is 0 Å². The molecule has 0 aromatic heterocycles. The van der Waals surface area contributed by atoms with Crippen LogP contribution < -0.4 is 5.32 Å². The third-order valence-corrected chi connectivity index (χ3v) is 3.71. The van der Waals surface area contributed by atoms with Crippen LogP contribution in [0, 0.1) is 5.92 Å². The first kappa shape index (κ1) is 15.0. The Kier molecular flexibility index (Phi) is 5.56. The van der Waals surface area contributed by atoms with E-state index < -0.39 is 0 Å².